The zero-order valence-electron chi connectivity index (χ0n) is 9.82. The first-order valence-corrected chi connectivity index (χ1v) is 7.14. The second-order valence-corrected chi connectivity index (χ2v) is 5.81. The average molecular weight is 290 g/mol. The minimum atomic E-state index is -4.41. The maximum atomic E-state index is 13.4. The number of amides is 1. The molecule has 2 N–H and O–H groups in total. The summed E-state index contributed by atoms with van der Waals surface area (Å²) in [4.78, 5) is 10.4. The lowest BCUT2D eigenvalue weighted by atomic mass is 10.1. The molecule has 1 aromatic carbocycles. The van der Waals surface area contributed by atoms with Crippen molar-refractivity contribution in [3.8, 4) is 0 Å². The van der Waals surface area contributed by atoms with Crippen LogP contribution in [0.4, 0.5) is 8.78 Å². The lowest BCUT2D eigenvalue weighted by Gasteiger charge is -2.22. The van der Waals surface area contributed by atoms with Gasteiger partial charge in [-0.15, -0.1) is 0 Å². The van der Waals surface area contributed by atoms with Crippen LogP contribution in [-0.2, 0) is 14.8 Å². The Labute approximate surface area is 109 Å². The summed E-state index contributed by atoms with van der Waals surface area (Å²) < 4.78 is 52.7. The summed E-state index contributed by atoms with van der Waals surface area (Å²) in [5.41, 5.74) is 0. The van der Waals surface area contributed by atoms with Crippen molar-refractivity contribution in [2.45, 2.75) is 23.8 Å². The molecule has 0 spiro atoms. The Morgan fingerprint density at radius 2 is 1.89 bits per heavy atom. The first-order chi connectivity index (χ1) is 8.92. The molecule has 2 rings (SSSR count). The van der Waals surface area contributed by atoms with Crippen molar-refractivity contribution in [2.75, 3.05) is 6.54 Å². The van der Waals surface area contributed by atoms with Gasteiger partial charge in [0.2, 0.25) is 15.9 Å². The minimum Gasteiger partial charge on any atom is -0.355 e. The molecule has 0 radical (unpaired) electrons. The van der Waals surface area contributed by atoms with Gasteiger partial charge in [-0.1, -0.05) is 6.07 Å². The summed E-state index contributed by atoms with van der Waals surface area (Å²) in [6.07, 6.45) is 0.889. The number of carbonyl (C=O) groups excluding carboxylic acids is 1. The van der Waals surface area contributed by atoms with E-state index in [1.165, 1.54) is 0 Å². The van der Waals surface area contributed by atoms with Crippen molar-refractivity contribution in [3.05, 3.63) is 29.8 Å². The van der Waals surface area contributed by atoms with Gasteiger partial charge in [0.05, 0.1) is 0 Å². The van der Waals surface area contributed by atoms with Crippen LogP contribution in [-0.4, -0.2) is 26.9 Å². The highest BCUT2D eigenvalue weighted by Crippen LogP contribution is 2.19. The van der Waals surface area contributed by atoms with E-state index < -0.39 is 38.5 Å². The maximum Gasteiger partial charge on any atom is 0.247 e. The van der Waals surface area contributed by atoms with E-state index in [0.29, 0.717) is 19.4 Å². The standard InChI is InChI=1S/C11H12F2N2O3S/c12-7-3-1-4-8(13)10(7)19(17,18)15-9-5-2-6-14-11(9)16/h1,3-4,9,15H,2,5-6H2,(H,14,16). The molecule has 1 aliphatic rings. The fourth-order valence-electron chi connectivity index (χ4n) is 1.87. The molecule has 0 aliphatic carbocycles. The SMILES string of the molecule is O=C1NCCCC1NS(=O)(=O)c1c(F)cccc1F. The van der Waals surface area contributed by atoms with Crippen LogP contribution >= 0.6 is 0 Å². The van der Waals surface area contributed by atoms with Gasteiger partial charge in [-0.25, -0.2) is 17.2 Å². The Morgan fingerprint density at radius 3 is 2.47 bits per heavy atom. The van der Waals surface area contributed by atoms with Crippen molar-refractivity contribution in [2.24, 2.45) is 0 Å². The molecule has 1 saturated heterocycles. The van der Waals surface area contributed by atoms with E-state index in [1.807, 2.05) is 4.72 Å². The Kier molecular flexibility index (Phi) is 3.81. The third-order valence-electron chi connectivity index (χ3n) is 2.77. The zero-order valence-corrected chi connectivity index (χ0v) is 10.6. The van der Waals surface area contributed by atoms with Crippen molar-refractivity contribution in [3.63, 3.8) is 0 Å². The third-order valence-corrected chi connectivity index (χ3v) is 4.29. The number of sulfonamides is 1. The molecular weight excluding hydrogens is 278 g/mol. The van der Waals surface area contributed by atoms with Crippen LogP contribution in [0.2, 0.25) is 0 Å². The van der Waals surface area contributed by atoms with E-state index in [1.54, 1.807) is 0 Å². The molecule has 1 fully saturated rings. The normalized spacial score (nSPS) is 20.1. The average Bonchev–Trinajstić information content (AvgIpc) is 2.31. The lowest BCUT2D eigenvalue weighted by Crippen LogP contribution is -2.50. The Hall–Kier alpha value is -1.54. The second kappa shape index (κ2) is 5.22. The fraction of sp³-hybridized carbons (Fsp3) is 0.364. The van der Waals surface area contributed by atoms with E-state index in [2.05, 4.69) is 5.32 Å². The molecule has 1 heterocycles. The largest absolute Gasteiger partial charge is 0.355 e. The van der Waals surface area contributed by atoms with E-state index in [0.717, 1.165) is 18.2 Å². The summed E-state index contributed by atoms with van der Waals surface area (Å²) in [5, 5.41) is 2.48. The van der Waals surface area contributed by atoms with E-state index in [9.17, 15) is 22.0 Å². The van der Waals surface area contributed by atoms with Gasteiger partial charge in [-0.2, -0.15) is 4.72 Å². The monoisotopic (exact) mass is 290 g/mol. The highest BCUT2D eigenvalue weighted by atomic mass is 32.2. The molecule has 104 valence electrons. The summed E-state index contributed by atoms with van der Waals surface area (Å²) in [5.74, 6) is -2.88. The number of hydrogen-bond donors (Lipinski definition) is 2. The topological polar surface area (TPSA) is 75.3 Å². The molecule has 1 aromatic rings. The minimum absolute atomic E-state index is 0.293. The third kappa shape index (κ3) is 2.90. The number of carbonyl (C=O) groups is 1. The van der Waals surface area contributed by atoms with Gasteiger partial charge in [0.1, 0.15) is 17.7 Å². The smallest absolute Gasteiger partial charge is 0.247 e. The van der Waals surface area contributed by atoms with Crippen molar-refractivity contribution in [1.82, 2.24) is 10.0 Å². The van der Waals surface area contributed by atoms with E-state index in [-0.39, 0.29) is 0 Å². The fourth-order valence-corrected chi connectivity index (χ4v) is 3.24. The molecule has 1 amide bonds. The summed E-state index contributed by atoms with van der Waals surface area (Å²) in [7, 11) is -4.41. The van der Waals surface area contributed by atoms with Crippen LogP contribution in [0.1, 0.15) is 12.8 Å². The first kappa shape index (κ1) is 13.9. The Morgan fingerprint density at radius 1 is 1.26 bits per heavy atom. The Balaban J connectivity index is 2.30. The van der Waals surface area contributed by atoms with Gasteiger partial charge in [0, 0.05) is 6.54 Å². The zero-order chi connectivity index (χ0) is 14.0. The molecule has 8 heteroatoms. The van der Waals surface area contributed by atoms with Gasteiger partial charge >= 0.3 is 0 Å². The number of hydrogen-bond acceptors (Lipinski definition) is 3. The van der Waals surface area contributed by atoms with Crippen LogP contribution in [0.25, 0.3) is 0 Å². The summed E-state index contributed by atoms with van der Waals surface area (Å²) >= 11 is 0. The first-order valence-electron chi connectivity index (χ1n) is 5.66. The number of halogens is 2. The molecule has 1 unspecified atom stereocenters. The van der Waals surface area contributed by atoms with Crippen LogP contribution in [0, 0.1) is 11.6 Å². The van der Waals surface area contributed by atoms with Crippen molar-refractivity contribution >= 4 is 15.9 Å². The molecule has 0 aromatic heterocycles. The maximum absolute atomic E-state index is 13.4. The molecular formula is C11H12F2N2O3S. The highest BCUT2D eigenvalue weighted by Gasteiger charge is 2.31. The van der Waals surface area contributed by atoms with Crippen molar-refractivity contribution < 1.29 is 22.0 Å². The predicted molar refractivity (Wildman–Crippen MR) is 62.7 cm³/mol. The van der Waals surface area contributed by atoms with Gasteiger partial charge in [0.15, 0.2) is 4.90 Å². The number of benzene rings is 1. The molecule has 0 bridgehead atoms. The van der Waals surface area contributed by atoms with Crippen LogP contribution in [0.15, 0.2) is 23.1 Å². The molecule has 5 nitrogen and oxygen atoms in total. The number of rotatable bonds is 3. The number of piperidine rings is 1. The summed E-state index contributed by atoms with van der Waals surface area (Å²) in [6, 6.07) is 1.76. The molecule has 1 aliphatic heterocycles. The lowest BCUT2D eigenvalue weighted by molar-refractivity contribution is -0.124. The number of nitrogens with one attached hydrogen (secondary N) is 2. The Bertz CT molecular complexity index is 584. The van der Waals surface area contributed by atoms with Gasteiger partial charge in [0.25, 0.3) is 0 Å². The highest BCUT2D eigenvalue weighted by molar-refractivity contribution is 7.89. The predicted octanol–water partition coefficient (Wildman–Crippen LogP) is 0.522. The van der Waals surface area contributed by atoms with Gasteiger partial charge in [-0.05, 0) is 25.0 Å². The van der Waals surface area contributed by atoms with E-state index in [4.69, 9.17) is 0 Å². The quantitative estimate of drug-likeness (QED) is 0.852. The second-order valence-electron chi connectivity index (χ2n) is 4.16. The molecule has 1 atom stereocenters. The van der Waals surface area contributed by atoms with E-state index >= 15 is 0 Å². The van der Waals surface area contributed by atoms with Gasteiger partial charge in [-0.3, -0.25) is 4.79 Å². The van der Waals surface area contributed by atoms with Crippen LogP contribution < -0.4 is 10.0 Å². The van der Waals surface area contributed by atoms with Crippen molar-refractivity contribution in [1.29, 1.82) is 0 Å². The van der Waals surface area contributed by atoms with Gasteiger partial charge < -0.3 is 5.32 Å². The summed E-state index contributed by atoms with van der Waals surface area (Å²) in [6.45, 7) is 0.463. The molecule has 19 heavy (non-hydrogen) atoms. The van der Waals surface area contributed by atoms with Crippen LogP contribution in [0.3, 0.4) is 0 Å². The molecule has 0 saturated carbocycles. The van der Waals surface area contributed by atoms with Crippen LogP contribution in [0.5, 0.6) is 0 Å².